The summed E-state index contributed by atoms with van der Waals surface area (Å²) in [6.07, 6.45) is 2.95. The van der Waals surface area contributed by atoms with Crippen molar-refractivity contribution in [2.45, 2.75) is 38.4 Å². The first-order valence-corrected chi connectivity index (χ1v) is 11.6. The van der Waals surface area contributed by atoms with Crippen molar-refractivity contribution in [3.8, 4) is 5.75 Å². The number of aryl methyl sites for hydroxylation is 1. The average molecular weight is 458 g/mol. The van der Waals surface area contributed by atoms with E-state index in [1.165, 1.54) is 0 Å². The van der Waals surface area contributed by atoms with Gasteiger partial charge in [0.05, 0.1) is 12.6 Å². The van der Waals surface area contributed by atoms with Crippen molar-refractivity contribution >= 4 is 28.3 Å². The second-order valence-corrected chi connectivity index (χ2v) is 8.53. The van der Waals surface area contributed by atoms with Crippen LogP contribution in [0.4, 0.5) is 5.69 Å². The minimum Gasteiger partial charge on any atom is -0.489 e. The molecule has 2 N–H and O–H groups in total. The van der Waals surface area contributed by atoms with Gasteiger partial charge in [0.1, 0.15) is 18.4 Å². The molecule has 0 spiro atoms. The number of anilines is 1. The van der Waals surface area contributed by atoms with Crippen molar-refractivity contribution in [2.24, 2.45) is 0 Å². The number of nitrogens with one attached hydrogen (secondary N) is 2. The number of carbonyl (C=O) groups excluding carboxylic acids is 2. The first-order valence-electron chi connectivity index (χ1n) is 11.6. The van der Waals surface area contributed by atoms with Crippen molar-refractivity contribution < 1.29 is 14.3 Å². The fraction of sp³-hybridized carbons (Fsp3) is 0.286. The highest BCUT2D eigenvalue weighted by Gasteiger charge is 2.32. The van der Waals surface area contributed by atoms with Crippen LogP contribution in [0.2, 0.25) is 0 Å². The van der Waals surface area contributed by atoms with Crippen LogP contribution in [0.15, 0.2) is 73.3 Å². The van der Waals surface area contributed by atoms with E-state index in [0.29, 0.717) is 26.0 Å². The highest BCUT2D eigenvalue weighted by molar-refractivity contribution is 6.01. The first kappa shape index (κ1) is 23.5. The first-order chi connectivity index (χ1) is 16.5. The van der Waals surface area contributed by atoms with Gasteiger partial charge in [-0.2, -0.15) is 0 Å². The molecule has 1 aliphatic heterocycles. The van der Waals surface area contributed by atoms with Crippen LogP contribution < -0.4 is 20.3 Å². The highest BCUT2D eigenvalue weighted by Crippen LogP contribution is 2.34. The molecule has 0 saturated heterocycles. The van der Waals surface area contributed by atoms with Gasteiger partial charge in [-0.15, -0.1) is 0 Å². The minimum absolute atomic E-state index is 0.121. The number of nitrogens with zero attached hydrogens (tertiary/aromatic N) is 1. The van der Waals surface area contributed by atoms with Crippen LogP contribution in [0.3, 0.4) is 0 Å². The molecule has 6 heteroatoms. The zero-order valence-electron chi connectivity index (χ0n) is 19.7. The van der Waals surface area contributed by atoms with Crippen LogP contribution in [-0.2, 0) is 22.6 Å². The minimum atomic E-state index is -0.608. The summed E-state index contributed by atoms with van der Waals surface area (Å²) in [7, 11) is 1.73. The lowest BCUT2D eigenvalue weighted by Gasteiger charge is -2.28. The summed E-state index contributed by atoms with van der Waals surface area (Å²) in [6.45, 7) is 6.24. The summed E-state index contributed by atoms with van der Waals surface area (Å²) in [5, 5.41) is 8.00. The maximum absolute atomic E-state index is 13.9. The lowest BCUT2D eigenvalue weighted by Crippen LogP contribution is -2.52. The van der Waals surface area contributed by atoms with Crippen LogP contribution in [-0.4, -0.2) is 37.6 Å². The molecule has 2 amide bonds. The molecule has 0 radical (unpaired) electrons. The topological polar surface area (TPSA) is 70.7 Å². The maximum Gasteiger partial charge on any atom is 0.249 e. The standard InChI is InChI=1S/C28H31N3O3/c1-4-17-34-26-16-14-20-9-5-7-11-22(20)23(26)18-31-25-12-8-6-10-21(25)13-15-24(28(31)33)30-27(32)19(2)29-3/h4-12,14,16,19,24,29H,1,13,15,17-18H2,2-3H3,(H,30,32). The smallest absolute Gasteiger partial charge is 0.249 e. The van der Waals surface area contributed by atoms with Gasteiger partial charge in [0, 0.05) is 11.3 Å². The lowest BCUT2D eigenvalue weighted by atomic mass is 10.0. The van der Waals surface area contributed by atoms with Gasteiger partial charge < -0.3 is 20.3 Å². The van der Waals surface area contributed by atoms with Gasteiger partial charge in [0.2, 0.25) is 11.8 Å². The van der Waals surface area contributed by atoms with E-state index in [0.717, 1.165) is 33.3 Å². The molecule has 0 saturated carbocycles. The summed E-state index contributed by atoms with van der Waals surface area (Å²) >= 11 is 0. The van der Waals surface area contributed by atoms with Crippen LogP contribution in [0.25, 0.3) is 10.8 Å². The van der Waals surface area contributed by atoms with E-state index in [1.807, 2.05) is 54.6 Å². The third-order valence-corrected chi connectivity index (χ3v) is 6.36. The van der Waals surface area contributed by atoms with E-state index in [9.17, 15) is 9.59 Å². The summed E-state index contributed by atoms with van der Waals surface area (Å²) in [4.78, 5) is 28.3. The number of likely N-dealkylation sites (N-methyl/N-ethyl adjacent to an activating group) is 1. The van der Waals surface area contributed by atoms with Crippen molar-refractivity contribution in [1.29, 1.82) is 0 Å². The number of fused-ring (bicyclic) bond motifs is 2. The summed E-state index contributed by atoms with van der Waals surface area (Å²) in [5.41, 5.74) is 2.88. The molecular formula is C28H31N3O3. The van der Waals surface area contributed by atoms with Gasteiger partial charge in [-0.25, -0.2) is 0 Å². The Morgan fingerprint density at radius 1 is 1.18 bits per heavy atom. The molecule has 2 unspecified atom stereocenters. The zero-order chi connectivity index (χ0) is 24.1. The van der Waals surface area contributed by atoms with Crippen molar-refractivity contribution in [2.75, 3.05) is 18.6 Å². The fourth-order valence-electron chi connectivity index (χ4n) is 4.36. The third kappa shape index (κ3) is 4.82. The number of para-hydroxylation sites is 1. The monoisotopic (exact) mass is 457 g/mol. The van der Waals surface area contributed by atoms with Gasteiger partial charge in [-0.1, -0.05) is 61.2 Å². The Kier molecular flexibility index (Phi) is 7.28. The number of hydrogen-bond acceptors (Lipinski definition) is 4. The summed E-state index contributed by atoms with van der Waals surface area (Å²) in [6, 6.07) is 19.0. The Balaban J connectivity index is 1.76. The van der Waals surface area contributed by atoms with Gasteiger partial charge >= 0.3 is 0 Å². The van der Waals surface area contributed by atoms with E-state index in [-0.39, 0.29) is 17.9 Å². The van der Waals surface area contributed by atoms with Gasteiger partial charge in [0.15, 0.2) is 0 Å². The van der Waals surface area contributed by atoms with Crippen LogP contribution in [0.5, 0.6) is 5.75 Å². The van der Waals surface area contributed by atoms with Crippen LogP contribution >= 0.6 is 0 Å². The number of ether oxygens (including phenoxy) is 1. The predicted octanol–water partition coefficient (Wildman–Crippen LogP) is 3.98. The van der Waals surface area contributed by atoms with E-state index >= 15 is 0 Å². The van der Waals surface area contributed by atoms with Crippen LogP contribution in [0, 0.1) is 0 Å². The van der Waals surface area contributed by atoms with E-state index in [2.05, 4.69) is 23.3 Å². The Bertz CT molecular complexity index is 1210. The number of amides is 2. The molecule has 4 rings (SSSR count). The second kappa shape index (κ2) is 10.5. The largest absolute Gasteiger partial charge is 0.489 e. The SMILES string of the molecule is C=CCOc1ccc2ccccc2c1CN1C(=O)C(NC(=O)C(C)NC)CCc2ccccc21. The maximum atomic E-state index is 13.9. The van der Waals surface area contributed by atoms with Crippen molar-refractivity contribution in [3.05, 3.63) is 84.4 Å². The molecule has 0 fully saturated rings. The third-order valence-electron chi connectivity index (χ3n) is 6.36. The fourth-order valence-corrected chi connectivity index (χ4v) is 4.36. The summed E-state index contributed by atoms with van der Waals surface area (Å²) < 4.78 is 5.99. The normalized spacial score (nSPS) is 16.5. The van der Waals surface area contributed by atoms with Gasteiger partial charge in [0.25, 0.3) is 0 Å². The molecule has 6 nitrogen and oxygen atoms in total. The highest BCUT2D eigenvalue weighted by atomic mass is 16.5. The van der Waals surface area contributed by atoms with E-state index in [1.54, 1.807) is 24.9 Å². The molecule has 2 atom stereocenters. The molecule has 0 bridgehead atoms. The molecule has 0 aromatic heterocycles. The molecule has 1 heterocycles. The number of carbonyl (C=O) groups is 2. The Labute approximate surface area is 200 Å². The van der Waals surface area contributed by atoms with Crippen molar-refractivity contribution in [1.82, 2.24) is 10.6 Å². The van der Waals surface area contributed by atoms with Gasteiger partial charge in [-0.3, -0.25) is 9.59 Å². The number of hydrogen-bond donors (Lipinski definition) is 2. The summed E-state index contributed by atoms with van der Waals surface area (Å²) in [5.74, 6) is 0.411. The molecule has 176 valence electrons. The molecule has 3 aromatic carbocycles. The van der Waals surface area contributed by atoms with E-state index in [4.69, 9.17) is 4.74 Å². The van der Waals surface area contributed by atoms with Gasteiger partial charge in [-0.05, 0) is 55.3 Å². The second-order valence-electron chi connectivity index (χ2n) is 8.53. The Morgan fingerprint density at radius 3 is 2.74 bits per heavy atom. The number of rotatable bonds is 8. The Morgan fingerprint density at radius 2 is 1.94 bits per heavy atom. The average Bonchev–Trinajstić information content (AvgIpc) is 2.99. The molecule has 3 aromatic rings. The predicted molar refractivity (Wildman–Crippen MR) is 136 cm³/mol. The molecular weight excluding hydrogens is 426 g/mol. The van der Waals surface area contributed by atoms with E-state index < -0.39 is 6.04 Å². The molecule has 34 heavy (non-hydrogen) atoms. The lowest BCUT2D eigenvalue weighted by molar-refractivity contribution is -0.128. The molecule has 0 aliphatic carbocycles. The molecule has 1 aliphatic rings. The zero-order valence-corrected chi connectivity index (χ0v) is 19.7. The Hall–Kier alpha value is -3.64. The van der Waals surface area contributed by atoms with Crippen molar-refractivity contribution in [3.63, 3.8) is 0 Å². The number of benzene rings is 3. The quantitative estimate of drug-likeness (QED) is 0.502. The van der Waals surface area contributed by atoms with Crippen LogP contribution in [0.1, 0.15) is 24.5 Å².